The predicted octanol–water partition coefficient (Wildman–Crippen LogP) is 1.61. The second kappa shape index (κ2) is 3.89. The second-order valence-electron chi connectivity index (χ2n) is 4.60. The Morgan fingerprint density at radius 2 is 2.12 bits per heavy atom. The lowest BCUT2D eigenvalue weighted by atomic mass is 10.1. The molecule has 3 N–H and O–H groups in total. The van der Waals surface area contributed by atoms with Crippen molar-refractivity contribution in [3.8, 4) is 11.1 Å². The summed E-state index contributed by atoms with van der Waals surface area (Å²) < 4.78 is 1.95. The molecule has 1 aromatic heterocycles. The molecular formula is C13H16N4. The van der Waals surface area contributed by atoms with Crippen molar-refractivity contribution < 1.29 is 0 Å². The first-order chi connectivity index (χ1) is 8.24. The fraction of sp³-hybridized carbons (Fsp3) is 0.308. The Bertz CT molecular complexity index is 527. The number of nitrogens with two attached hydrogens (primary N) is 1. The zero-order valence-corrected chi connectivity index (χ0v) is 9.85. The quantitative estimate of drug-likeness (QED) is 0.779. The van der Waals surface area contributed by atoms with Crippen LogP contribution >= 0.6 is 0 Å². The smallest absolute Gasteiger partial charge is 0.132 e. The zero-order valence-electron chi connectivity index (χ0n) is 9.85. The third-order valence-electron chi connectivity index (χ3n) is 3.14. The van der Waals surface area contributed by atoms with Gasteiger partial charge in [0.25, 0.3) is 0 Å². The minimum Gasteiger partial charge on any atom is -0.368 e. The highest BCUT2D eigenvalue weighted by Crippen LogP contribution is 2.29. The predicted molar refractivity (Wildman–Crippen MR) is 68.9 cm³/mol. The molecule has 1 unspecified atom stereocenters. The van der Waals surface area contributed by atoms with Crippen LogP contribution in [-0.4, -0.2) is 22.4 Å². The van der Waals surface area contributed by atoms with Gasteiger partial charge in [0, 0.05) is 18.2 Å². The van der Waals surface area contributed by atoms with Crippen molar-refractivity contribution >= 4 is 5.82 Å². The number of hydrogen-bond acceptors (Lipinski definition) is 3. The summed E-state index contributed by atoms with van der Waals surface area (Å²) in [4.78, 5) is 0. The summed E-state index contributed by atoms with van der Waals surface area (Å²) >= 11 is 0. The van der Waals surface area contributed by atoms with Gasteiger partial charge in [-0.1, -0.05) is 29.8 Å². The van der Waals surface area contributed by atoms with E-state index >= 15 is 0 Å². The largest absolute Gasteiger partial charge is 0.368 e. The second-order valence-corrected chi connectivity index (χ2v) is 4.60. The topological polar surface area (TPSA) is 55.9 Å². The molecule has 0 saturated carbocycles. The van der Waals surface area contributed by atoms with Gasteiger partial charge in [-0.25, -0.2) is 4.68 Å². The molecule has 17 heavy (non-hydrogen) atoms. The fourth-order valence-corrected chi connectivity index (χ4v) is 2.17. The number of rotatable bonds is 1. The van der Waals surface area contributed by atoms with Crippen LogP contribution in [0.1, 0.15) is 5.56 Å². The molecular weight excluding hydrogens is 212 g/mol. The first-order valence-corrected chi connectivity index (χ1v) is 5.86. The van der Waals surface area contributed by atoms with Crippen molar-refractivity contribution in [3.05, 3.63) is 36.0 Å². The number of nitrogens with zero attached hydrogens (tertiary/aromatic N) is 2. The lowest BCUT2D eigenvalue weighted by Gasteiger charge is -2.22. The first-order valence-electron chi connectivity index (χ1n) is 5.86. The molecule has 88 valence electrons. The molecule has 2 heterocycles. The molecule has 1 aliphatic heterocycles. The van der Waals surface area contributed by atoms with Gasteiger partial charge in [-0.3, -0.25) is 0 Å². The van der Waals surface area contributed by atoms with Gasteiger partial charge >= 0.3 is 0 Å². The Kier molecular flexibility index (Phi) is 2.37. The van der Waals surface area contributed by atoms with E-state index in [0.717, 1.165) is 24.5 Å². The molecule has 0 amide bonds. The van der Waals surface area contributed by atoms with Gasteiger partial charge in [0.05, 0.1) is 12.7 Å². The van der Waals surface area contributed by atoms with Crippen molar-refractivity contribution in [3.63, 3.8) is 0 Å². The van der Waals surface area contributed by atoms with Gasteiger partial charge in [0.15, 0.2) is 0 Å². The molecule has 0 radical (unpaired) electrons. The third-order valence-corrected chi connectivity index (χ3v) is 3.14. The fourth-order valence-electron chi connectivity index (χ4n) is 2.17. The Labute approximate surface area is 100 Å². The first kappa shape index (κ1) is 10.4. The van der Waals surface area contributed by atoms with Crippen molar-refractivity contribution in [2.24, 2.45) is 5.73 Å². The highest BCUT2D eigenvalue weighted by molar-refractivity contribution is 5.75. The van der Waals surface area contributed by atoms with Crippen molar-refractivity contribution in [2.45, 2.75) is 19.5 Å². The molecule has 1 aliphatic rings. The van der Waals surface area contributed by atoms with Crippen LogP contribution in [-0.2, 0) is 6.54 Å². The van der Waals surface area contributed by atoms with E-state index in [-0.39, 0.29) is 6.04 Å². The normalized spacial score (nSPS) is 18.6. The number of anilines is 1. The average Bonchev–Trinajstić information content (AvgIpc) is 2.73. The van der Waals surface area contributed by atoms with E-state index in [1.54, 1.807) is 0 Å². The molecule has 2 aromatic rings. The molecule has 0 spiro atoms. The molecule has 4 heteroatoms. The van der Waals surface area contributed by atoms with E-state index < -0.39 is 0 Å². The number of hydrogen-bond donors (Lipinski definition) is 2. The standard InChI is InChI=1S/C13H16N4/c1-9-2-4-10(5-3-9)12-7-16-17-8-11(14)6-15-13(12)17/h2-5,7,11,15H,6,8,14H2,1H3. The molecule has 1 aromatic carbocycles. The number of aromatic nitrogens is 2. The average molecular weight is 228 g/mol. The van der Waals surface area contributed by atoms with Gasteiger partial charge in [-0.15, -0.1) is 0 Å². The lowest BCUT2D eigenvalue weighted by Crippen LogP contribution is -2.38. The number of aryl methyl sites for hydroxylation is 1. The highest BCUT2D eigenvalue weighted by Gasteiger charge is 2.19. The molecule has 0 bridgehead atoms. The number of fused-ring (bicyclic) bond motifs is 1. The Morgan fingerprint density at radius 3 is 2.88 bits per heavy atom. The Balaban J connectivity index is 2.02. The van der Waals surface area contributed by atoms with E-state index in [1.165, 1.54) is 11.1 Å². The van der Waals surface area contributed by atoms with Gasteiger partial charge in [-0.2, -0.15) is 5.10 Å². The van der Waals surface area contributed by atoms with E-state index in [9.17, 15) is 0 Å². The van der Waals surface area contributed by atoms with Crippen LogP contribution in [0.15, 0.2) is 30.5 Å². The molecule has 1 atom stereocenters. The maximum absolute atomic E-state index is 5.89. The molecule has 0 saturated heterocycles. The Morgan fingerprint density at radius 1 is 1.35 bits per heavy atom. The van der Waals surface area contributed by atoms with Crippen LogP contribution < -0.4 is 11.1 Å². The molecule has 4 nitrogen and oxygen atoms in total. The van der Waals surface area contributed by atoms with Crippen molar-refractivity contribution in [2.75, 3.05) is 11.9 Å². The van der Waals surface area contributed by atoms with Crippen molar-refractivity contribution in [1.82, 2.24) is 9.78 Å². The van der Waals surface area contributed by atoms with E-state index in [4.69, 9.17) is 5.73 Å². The SMILES string of the molecule is Cc1ccc(-c2cnn3c2NCC(N)C3)cc1. The van der Waals surface area contributed by atoms with E-state index in [1.807, 2.05) is 10.9 Å². The number of benzene rings is 1. The van der Waals surface area contributed by atoms with Gasteiger partial charge in [-0.05, 0) is 12.5 Å². The summed E-state index contributed by atoms with van der Waals surface area (Å²) in [6, 6.07) is 8.64. The van der Waals surface area contributed by atoms with Crippen LogP contribution in [0.25, 0.3) is 11.1 Å². The maximum atomic E-state index is 5.89. The summed E-state index contributed by atoms with van der Waals surface area (Å²) in [5.74, 6) is 1.08. The highest BCUT2D eigenvalue weighted by atomic mass is 15.3. The zero-order chi connectivity index (χ0) is 11.8. The summed E-state index contributed by atoms with van der Waals surface area (Å²) in [5.41, 5.74) is 9.51. The molecule has 0 aliphatic carbocycles. The van der Waals surface area contributed by atoms with Crippen molar-refractivity contribution in [1.29, 1.82) is 0 Å². The van der Waals surface area contributed by atoms with E-state index in [0.29, 0.717) is 0 Å². The van der Waals surface area contributed by atoms with Crippen LogP contribution in [0.5, 0.6) is 0 Å². The number of nitrogens with one attached hydrogen (secondary N) is 1. The Hall–Kier alpha value is -1.81. The van der Waals surface area contributed by atoms with Gasteiger partial charge in [0.1, 0.15) is 5.82 Å². The van der Waals surface area contributed by atoms with E-state index in [2.05, 4.69) is 41.6 Å². The van der Waals surface area contributed by atoms with Crippen LogP contribution in [0.2, 0.25) is 0 Å². The van der Waals surface area contributed by atoms with Crippen LogP contribution in [0.4, 0.5) is 5.82 Å². The van der Waals surface area contributed by atoms with Gasteiger partial charge in [0.2, 0.25) is 0 Å². The van der Waals surface area contributed by atoms with Gasteiger partial charge < -0.3 is 11.1 Å². The monoisotopic (exact) mass is 228 g/mol. The summed E-state index contributed by atoms with van der Waals surface area (Å²) in [7, 11) is 0. The molecule has 0 fully saturated rings. The van der Waals surface area contributed by atoms with Crippen LogP contribution in [0, 0.1) is 6.92 Å². The lowest BCUT2D eigenvalue weighted by molar-refractivity contribution is 0.502. The molecule has 3 rings (SSSR count). The minimum absolute atomic E-state index is 0.147. The minimum atomic E-state index is 0.147. The summed E-state index contributed by atoms with van der Waals surface area (Å²) in [6.07, 6.45) is 1.91. The summed E-state index contributed by atoms with van der Waals surface area (Å²) in [5, 5.41) is 7.73. The third kappa shape index (κ3) is 1.80. The summed E-state index contributed by atoms with van der Waals surface area (Å²) in [6.45, 7) is 3.69. The maximum Gasteiger partial charge on any atom is 0.132 e. The van der Waals surface area contributed by atoms with Crippen LogP contribution in [0.3, 0.4) is 0 Å².